The molecule has 2 saturated heterocycles. The third-order valence-corrected chi connectivity index (χ3v) is 5.74. The van der Waals surface area contributed by atoms with Gasteiger partial charge in [-0.3, -0.25) is 0 Å². The van der Waals surface area contributed by atoms with E-state index in [0.717, 1.165) is 63.1 Å². The van der Waals surface area contributed by atoms with Gasteiger partial charge < -0.3 is 19.9 Å². The predicted molar refractivity (Wildman–Crippen MR) is 106 cm³/mol. The molecule has 5 heteroatoms. The maximum absolute atomic E-state index is 13.0. The lowest BCUT2D eigenvalue weighted by molar-refractivity contribution is 0.0336. The smallest absolute Gasteiger partial charge is 0.322 e. The van der Waals surface area contributed by atoms with Gasteiger partial charge in [-0.25, -0.2) is 4.79 Å². The number of rotatable bonds is 4. The van der Waals surface area contributed by atoms with E-state index in [-0.39, 0.29) is 6.03 Å². The maximum Gasteiger partial charge on any atom is 0.322 e. The summed E-state index contributed by atoms with van der Waals surface area (Å²) in [6, 6.07) is 8.39. The molecular formula is C21H33N3O2. The molecule has 0 radical (unpaired) electrons. The number of hydrogen-bond donors (Lipinski definition) is 1. The van der Waals surface area contributed by atoms with Crippen LogP contribution in [0.3, 0.4) is 0 Å². The first-order valence-electron chi connectivity index (χ1n) is 10.0. The summed E-state index contributed by atoms with van der Waals surface area (Å²) in [5.41, 5.74) is 2.05. The monoisotopic (exact) mass is 359 g/mol. The second kappa shape index (κ2) is 9.38. The highest BCUT2D eigenvalue weighted by Crippen LogP contribution is 2.22. The van der Waals surface area contributed by atoms with Gasteiger partial charge in [-0.2, -0.15) is 0 Å². The number of nitrogens with zero attached hydrogens (tertiary/aromatic N) is 2. The van der Waals surface area contributed by atoms with Crippen LogP contribution in [-0.2, 0) is 4.74 Å². The Balaban J connectivity index is 1.61. The Morgan fingerprint density at radius 3 is 2.69 bits per heavy atom. The number of nitrogens with one attached hydrogen (secondary N) is 1. The molecule has 2 fully saturated rings. The van der Waals surface area contributed by atoms with Crippen LogP contribution in [0.4, 0.5) is 10.5 Å². The van der Waals surface area contributed by atoms with Crippen molar-refractivity contribution in [2.45, 2.75) is 57.6 Å². The molecule has 3 rings (SSSR count). The van der Waals surface area contributed by atoms with Gasteiger partial charge in [0.15, 0.2) is 0 Å². The minimum Gasteiger partial charge on any atom is -0.381 e. The molecule has 0 unspecified atom stereocenters. The Bertz CT molecular complexity index is 584. The Morgan fingerprint density at radius 2 is 1.96 bits per heavy atom. The summed E-state index contributed by atoms with van der Waals surface area (Å²) in [7, 11) is 1.81. The van der Waals surface area contributed by atoms with Gasteiger partial charge in [-0.05, 0) is 50.3 Å². The zero-order valence-electron chi connectivity index (χ0n) is 16.2. The highest BCUT2D eigenvalue weighted by Gasteiger charge is 2.29. The minimum atomic E-state index is 0.0503. The molecule has 0 aliphatic carbocycles. The summed E-state index contributed by atoms with van der Waals surface area (Å²) in [5.74, 6) is 0. The predicted octanol–water partition coefficient (Wildman–Crippen LogP) is 3.88. The first kappa shape index (κ1) is 19.2. The van der Waals surface area contributed by atoms with Crippen molar-refractivity contribution in [3.63, 3.8) is 0 Å². The third-order valence-electron chi connectivity index (χ3n) is 5.74. The van der Waals surface area contributed by atoms with Crippen LogP contribution in [-0.4, -0.2) is 61.3 Å². The molecule has 2 aliphatic heterocycles. The number of carbonyl (C=O) groups excluding carboxylic acids is 1. The molecule has 0 saturated carbocycles. The fourth-order valence-corrected chi connectivity index (χ4v) is 4.18. The number of piperidine rings is 1. The second-order valence-corrected chi connectivity index (χ2v) is 7.73. The number of aryl methyl sites for hydroxylation is 1. The molecule has 144 valence electrons. The van der Waals surface area contributed by atoms with Crippen LogP contribution in [0, 0.1) is 6.92 Å². The van der Waals surface area contributed by atoms with E-state index in [9.17, 15) is 4.79 Å². The molecule has 5 nitrogen and oxygen atoms in total. The summed E-state index contributed by atoms with van der Waals surface area (Å²) >= 11 is 0. The standard InChI is InChI=1S/C21H33N3O2/c1-17-7-6-8-18(15-17)22-21(25)24-12-5-3-4-9-19(24)16-23-13-10-20(26-2)11-14-23/h6-8,15,19-20H,3-5,9-14,16H2,1-2H3,(H,22,25)/t19-/m1/s1. The van der Waals surface area contributed by atoms with Crippen molar-refractivity contribution in [3.05, 3.63) is 29.8 Å². The lowest BCUT2D eigenvalue weighted by Crippen LogP contribution is -2.50. The Labute approximate surface area is 157 Å². The first-order valence-corrected chi connectivity index (χ1v) is 10.0. The number of anilines is 1. The number of amides is 2. The zero-order chi connectivity index (χ0) is 18.4. The van der Waals surface area contributed by atoms with E-state index in [1.165, 1.54) is 12.8 Å². The van der Waals surface area contributed by atoms with Crippen LogP contribution in [0.25, 0.3) is 0 Å². The van der Waals surface area contributed by atoms with Gasteiger partial charge in [-0.1, -0.05) is 25.0 Å². The number of ether oxygens (including phenoxy) is 1. The van der Waals surface area contributed by atoms with Crippen LogP contribution in [0.5, 0.6) is 0 Å². The highest BCUT2D eigenvalue weighted by molar-refractivity contribution is 5.89. The van der Waals surface area contributed by atoms with Crippen molar-refractivity contribution in [1.29, 1.82) is 0 Å². The lowest BCUT2D eigenvalue weighted by atomic mass is 10.0. The van der Waals surface area contributed by atoms with E-state index in [1.54, 1.807) is 0 Å². The molecule has 2 aliphatic rings. The molecule has 2 heterocycles. The molecule has 1 aromatic carbocycles. The Morgan fingerprint density at radius 1 is 1.15 bits per heavy atom. The second-order valence-electron chi connectivity index (χ2n) is 7.73. The average molecular weight is 360 g/mol. The van der Waals surface area contributed by atoms with Gasteiger partial charge in [-0.15, -0.1) is 0 Å². The van der Waals surface area contributed by atoms with Crippen LogP contribution >= 0.6 is 0 Å². The molecular weight excluding hydrogens is 326 g/mol. The Kier molecular flexibility index (Phi) is 6.92. The molecule has 1 N–H and O–H groups in total. The molecule has 0 spiro atoms. The summed E-state index contributed by atoms with van der Waals surface area (Å²) in [4.78, 5) is 17.6. The number of benzene rings is 1. The van der Waals surface area contributed by atoms with Crippen molar-refractivity contribution >= 4 is 11.7 Å². The van der Waals surface area contributed by atoms with Gasteiger partial charge in [0.25, 0.3) is 0 Å². The quantitative estimate of drug-likeness (QED) is 0.887. The van der Waals surface area contributed by atoms with Crippen LogP contribution in [0.1, 0.15) is 44.1 Å². The van der Waals surface area contributed by atoms with Crippen LogP contribution in [0.15, 0.2) is 24.3 Å². The van der Waals surface area contributed by atoms with Crippen molar-refractivity contribution in [3.8, 4) is 0 Å². The number of methoxy groups -OCH3 is 1. The topological polar surface area (TPSA) is 44.8 Å². The largest absolute Gasteiger partial charge is 0.381 e. The number of urea groups is 1. The van der Waals surface area contributed by atoms with Crippen molar-refractivity contribution in [1.82, 2.24) is 9.80 Å². The third kappa shape index (κ3) is 5.21. The lowest BCUT2D eigenvalue weighted by Gasteiger charge is -2.37. The highest BCUT2D eigenvalue weighted by atomic mass is 16.5. The van der Waals surface area contributed by atoms with Crippen LogP contribution in [0.2, 0.25) is 0 Å². The summed E-state index contributed by atoms with van der Waals surface area (Å²) in [5, 5.41) is 3.11. The SMILES string of the molecule is COC1CCN(C[C@H]2CCCCCN2C(=O)Nc2cccc(C)c2)CC1. The minimum absolute atomic E-state index is 0.0503. The zero-order valence-corrected chi connectivity index (χ0v) is 16.2. The molecule has 1 aromatic rings. The van der Waals surface area contributed by atoms with Gasteiger partial charge in [0.1, 0.15) is 0 Å². The summed E-state index contributed by atoms with van der Waals surface area (Å²) < 4.78 is 5.48. The number of hydrogen-bond acceptors (Lipinski definition) is 3. The maximum atomic E-state index is 13.0. The van der Waals surface area contributed by atoms with Gasteiger partial charge in [0, 0.05) is 45.0 Å². The molecule has 26 heavy (non-hydrogen) atoms. The van der Waals surface area contributed by atoms with E-state index >= 15 is 0 Å². The molecule has 0 bridgehead atoms. The van der Waals surface area contributed by atoms with Crippen LogP contribution < -0.4 is 5.32 Å². The molecule has 2 amide bonds. The number of likely N-dealkylation sites (tertiary alicyclic amines) is 2. The fourth-order valence-electron chi connectivity index (χ4n) is 4.18. The average Bonchev–Trinajstić information content (AvgIpc) is 2.88. The fraction of sp³-hybridized carbons (Fsp3) is 0.667. The van der Waals surface area contributed by atoms with E-state index in [0.29, 0.717) is 12.1 Å². The van der Waals surface area contributed by atoms with Gasteiger partial charge in [0.05, 0.1) is 6.10 Å². The first-order chi connectivity index (χ1) is 12.7. The van der Waals surface area contributed by atoms with E-state index in [1.807, 2.05) is 38.3 Å². The van der Waals surface area contributed by atoms with Gasteiger partial charge >= 0.3 is 6.03 Å². The molecule has 0 aromatic heterocycles. The number of carbonyl (C=O) groups is 1. The van der Waals surface area contributed by atoms with E-state index < -0.39 is 0 Å². The van der Waals surface area contributed by atoms with E-state index in [2.05, 4.69) is 15.1 Å². The van der Waals surface area contributed by atoms with Gasteiger partial charge in [0.2, 0.25) is 0 Å². The normalized spacial score (nSPS) is 22.8. The van der Waals surface area contributed by atoms with Crippen molar-refractivity contribution in [2.24, 2.45) is 0 Å². The molecule has 1 atom stereocenters. The van der Waals surface area contributed by atoms with Crippen molar-refractivity contribution < 1.29 is 9.53 Å². The van der Waals surface area contributed by atoms with Crippen molar-refractivity contribution in [2.75, 3.05) is 38.6 Å². The Hall–Kier alpha value is -1.59. The summed E-state index contributed by atoms with van der Waals surface area (Å²) in [6.45, 7) is 6.03. The van der Waals surface area contributed by atoms with E-state index in [4.69, 9.17) is 4.74 Å². The summed E-state index contributed by atoms with van der Waals surface area (Å²) in [6.07, 6.45) is 7.23.